The van der Waals surface area contributed by atoms with Crippen molar-refractivity contribution in [2.45, 2.75) is 72.4 Å². The molecule has 1 saturated carbocycles. The molecule has 176 valence electrons. The maximum atomic E-state index is 11.2. The number of anilines is 2. The third-order valence-electron chi connectivity index (χ3n) is 6.32. The Labute approximate surface area is 196 Å². The molecule has 1 heterocycles. The maximum absolute atomic E-state index is 11.2. The van der Waals surface area contributed by atoms with Crippen molar-refractivity contribution in [2.75, 3.05) is 5.32 Å². The quantitative estimate of drug-likeness (QED) is 0.426. The topological polar surface area (TPSA) is 76.4 Å². The fourth-order valence-electron chi connectivity index (χ4n) is 5.40. The minimum atomic E-state index is -0.835. The van der Waals surface area contributed by atoms with E-state index in [1.54, 1.807) is 0 Å². The molecule has 0 bridgehead atoms. The molecule has 0 aliphatic heterocycles. The number of carboxylic acids is 1. The molecule has 2 N–H and O–H groups in total. The highest BCUT2D eigenvalue weighted by molar-refractivity contribution is 5.82. The third-order valence-corrected chi connectivity index (χ3v) is 6.32. The predicted octanol–water partition coefficient (Wildman–Crippen LogP) is 6.58. The fourth-order valence-corrected chi connectivity index (χ4v) is 5.40. The lowest BCUT2D eigenvalue weighted by atomic mass is 9.70. The second kappa shape index (κ2) is 9.08. The Kier molecular flexibility index (Phi) is 6.37. The highest BCUT2D eigenvalue weighted by Gasteiger charge is 2.34. The number of carboxylic acid groups (broad SMARTS) is 1. The van der Waals surface area contributed by atoms with Crippen LogP contribution in [0.25, 0.3) is 11.0 Å². The summed E-state index contributed by atoms with van der Waals surface area (Å²) in [5.41, 5.74) is 3.83. The largest absolute Gasteiger partial charge is 0.491 e. The maximum Gasteiger partial charge on any atom is 0.307 e. The van der Waals surface area contributed by atoms with Gasteiger partial charge in [-0.1, -0.05) is 26.8 Å². The fraction of sp³-hybridized carbons (Fsp3) is 0.481. The summed E-state index contributed by atoms with van der Waals surface area (Å²) in [5.74, 6) is 1.43. The van der Waals surface area contributed by atoms with Crippen molar-refractivity contribution in [3.05, 3.63) is 48.0 Å². The van der Waals surface area contributed by atoms with E-state index in [4.69, 9.17) is 9.72 Å². The van der Waals surface area contributed by atoms with Crippen LogP contribution in [0.4, 0.5) is 11.6 Å². The second-order valence-corrected chi connectivity index (χ2v) is 10.6. The molecule has 6 nitrogen and oxygen atoms in total. The van der Waals surface area contributed by atoms with E-state index in [0.29, 0.717) is 12.0 Å². The average molecular weight is 450 g/mol. The van der Waals surface area contributed by atoms with Crippen LogP contribution in [0, 0.1) is 11.3 Å². The number of nitrogens with zero attached hydrogens (tertiary/aromatic N) is 2. The number of aromatic nitrogens is 2. The Balaban J connectivity index is 1.73. The molecular formula is C27H35N3O3. The Morgan fingerprint density at radius 2 is 1.94 bits per heavy atom. The number of fused-ring (bicyclic) bond motifs is 1. The summed E-state index contributed by atoms with van der Waals surface area (Å²) in [6, 6.07) is 14.1. The van der Waals surface area contributed by atoms with Gasteiger partial charge in [-0.3, -0.25) is 4.79 Å². The van der Waals surface area contributed by atoms with E-state index < -0.39 is 5.97 Å². The molecule has 0 amide bonds. The zero-order valence-corrected chi connectivity index (χ0v) is 20.3. The first kappa shape index (κ1) is 23.1. The van der Waals surface area contributed by atoms with Crippen LogP contribution < -0.4 is 10.1 Å². The molecule has 33 heavy (non-hydrogen) atoms. The van der Waals surface area contributed by atoms with Gasteiger partial charge in [0.05, 0.1) is 23.6 Å². The van der Waals surface area contributed by atoms with E-state index in [9.17, 15) is 9.90 Å². The van der Waals surface area contributed by atoms with E-state index in [-0.39, 0.29) is 17.9 Å². The van der Waals surface area contributed by atoms with Crippen LogP contribution in [0.2, 0.25) is 0 Å². The Morgan fingerprint density at radius 1 is 1.21 bits per heavy atom. The number of hydrogen-bond donors (Lipinski definition) is 2. The number of benzene rings is 2. The van der Waals surface area contributed by atoms with Crippen LogP contribution in [0.15, 0.2) is 42.5 Å². The van der Waals surface area contributed by atoms with Gasteiger partial charge in [0, 0.05) is 11.7 Å². The van der Waals surface area contributed by atoms with Crippen molar-refractivity contribution in [2.24, 2.45) is 11.3 Å². The van der Waals surface area contributed by atoms with Gasteiger partial charge >= 0.3 is 5.97 Å². The SMILES string of the molecule is CC(C)Oc1ccc(Nc2nc3cc(CC(=O)O)ccc3n2[C@@H]2C[C@H](C)CC(C)(C)C2)cc1. The first-order valence-corrected chi connectivity index (χ1v) is 11.9. The van der Waals surface area contributed by atoms with Crippen LogP contribution in [-0.2, 0) is 11.2 Å². The van der Waals surface area contributed by atoms with Gasteiger partial charge in [-0.05, 0) is 86.4 Å². The highest BCUT2D eigenvalue weighted by Crippen LogP contribution is 2.46. The summed E-state index contributed by atoms with van der Waals surface area (Å²) in [5, 5.41) is 12.7. The van der Waals surface area contributed by atoms with E-state index in [2.05, 4.69) is 30.7 Å². The van der Waals surface area contributed by atoms with Crippen molar-refractivity contribution < 1.29 is 14.6 Å². The second-order valence-electron chi connectivity index (χ2n) is 10.6. The molecule has 0 spiro atoms. The van der Waals surface area contributed by atoms with Gasteiger partial charge in [0.25, 0.3) is 0 Å². The molecule has 1 aliphatic rings. The van der Waals surface area contributed by atoms with Crippen LogP contribution in [-0.4, -0.2) is 26.7 Å². The normalized spacial score (nSPS) is 20.2. The molecule has 6 heteroatoms. The number of carbonyl (C=O) groups is 1. The highest BCUT2D eigenvalue weighted by atomic mass is 16.5. The Bertz CT molecular complexity index is 1130. The van der Waals surface area contributed by atoms with Crippen molar-refractivity contribution >= 4 is 28.6 Å². The first-order valence-electron chi connectivity index (χ1n) is 11.9. The van der Waals surface area contributed by atoms with Gasteiger partial charge in [0.1, 0.15) is 5.75 Å². The molecule has 2 aromatic carbocycles. The smallest absolute Gasteiger partial charge is 0.307 e. The number of imidazole rings is 1. The summed E-state index contributed by atoms with van der Waals surface area (Å²) >= 11 is 0. The zero-order chi connectivity index (χ0) is 23.8. The van der Waals surface area contributed by atoms with Gasteiger partial charge in [0.15, 0.2) is 0 Å². The van der Waals surface area contributed by atoms with Gasteiger partial charge in [0.2, 0.25) is 5.95 Å². The van der Waals surface area contributed by atoms with Crippen molar-refractivity contribution in [1.29, 1.82) is 0 Å². The summed E-state index contributed by atoms with van der Waals surface area (Å²) in [4.78, 5) is 16.1. The van der Waals surface area contributed by atoms with Gasteiger partial charge in [-0.25, -0.2) is 4.98 Å². The Hall–Kier alpha value is -3.02. The standard InChI is InChI=1S/C27H35N3O3/c1-17(2)33-22-9-7-20(8-10-22)28-26-29-23-13-19(14-25(31)32)6-11-24(23)30(26)21-12-18(3)15-27(4,5)16-21/h6-11,13,17-18,21H,12,14-16H2,1-5H3,(H,28,29)(H,31,32)/t18-,21+/m0/s1. The summed E-state index contributed by atoms with van der Waals surface area (Å²) in [6.07, 6.45) is 3.52. The average Bonchev–Trinajstić information content (AvgIpc) is 3.04. The van der Waals surface area contributed by atoms with E-state index >= 15 is 0 Å². The lowest BCUT2D eigenvalue weighted by Crippen LogP contribution is -2.29. The van der Waals surface area contributed by atoms with E-state index in [1.807, 2.05) is 56.3 Å². The van der Waals surface area contributed by atoms with Crippen LogP contribution >= 0.6 is 0 Å². The minimum Gasteiger partial charge on any atom is -0.491 e. The summed E-state index contributed by atoms with van der Waals surface area (Å²) in [7, 11) is 0. The third kappa shape index (κ3) is 5.49. The molecule has 1 fully saturated rings. The van der Waals surface area contributed by atoms with Crippen molar-refractivity contribution in [1.82, 2.24) is 9.55 Å². The van der Waals surface area contributed by atoms with E-state index in [0.717, 1.165) is 46.8 Å². The number of nitrogens with one attached hydrogen (secondary N) is 1. The summed E-state index contributed by atoms with van der Waals surface area (Å²) in [6.45, 7) is 11.1. The van der Waals surface area contributed by atoms with Gasteiger partial charge < -0.3 is 19.7 Å². The van der Waals surface area contributed by atoms with Crippen molar-refractivity contribution in [3.63, 3.8) is 0 Å². The lowest BCUT2D eigenvalue weighted by Gasteiger charge is -2.40. The number of aliphatic carboxylic acids is 1. The number of rotatable bonds is 7. The molecule has 0 unspecified atom stereocenters. The number of ether oxygens (including phenoxy) is 1. The molecule has 0 saturated heterocycles. The molecule has 4 rings (SSSR count). The molecule has 2 atom stereocenters. The molecular weight excluding hydrogens is 414 g/mol. The molecule has 1 aliphatic carbocycles. The first-order chi connectivity index (χ1) is 15.6. The van der Waals surface area contributed by atoms with E-state index in [1.165, 1.54) is 6.42 Å². The number of hydrogen-bond acceptors (Lipinski definition) is 4. The predicted molar refractivity (Wildman–Crippen MR) is 132 cm³/mol. The monoisotopic (exact) mass is 449 g/mol. The lowest BCUT2D eigenvalue weighted by molar-refractivity contribution is -0.136. The molecule has 0 radical (unpaired) electrons. The van der Waals surface area contributed by atoms with Gasteiger partial charge in [-0.15, -0.1) is 0 Å². The van der Waals surface area contributed by atoms with Crippen LogP contribution in [0.3, 0.4) is 0 Å². The van der Waals surface area contributed by atoms with Crippen LogP contribution in [0.1, 0.15) is 65.5 Å². The molecule has 1 aromatic heterocycles. The Morgan fingerprint density at radius 3 is 2.58 bits per heavy atom. The molecule has 3 aromatic rings. The van der Waals surface area contributed by atoms with Crippen molar-refractivity contribution in [3.8, 4) is 5.75 Å². The van der Waals surface area contributed by atoms with Gasteiger partial charge in [-0.2, -0.15) is 0 Å². The minimum absolute atomic E-state index is 0.00360. The van der Waals surface area contributed by atoms with Crippen LogP contribution in [0.5, 0.6) is 5.75 Å². The zero-order valence-electron chi connectivity index (χ0n) is 20.3. The summed E-state index contributed by atoms with van der Waals surface area (Å²) < 4.78 is 8.10.